The lowest BCUT2D eigenvalue weighted by Crippen LogP contribution is -2.09. The molecular weight excluding hydrogens is 198 g/mol. The van der Waals surface area contributed by atoms with E-state index in [9.17, 15) is 0 Å². The topological polar surface area (TPSA) is 31.1 Å². The Kier molecular flexibility index (Phi) is 3.15. The molecule has 3 heteroatoms. The van der Waals surface area contributed by atoms with Gasteiger partial charge in [0.2, 0.25) is 0 Å². The summed E-state index contributed by atoms with van der Waals surface area (Å²) in [6.07, 6.45) is 3.94. The van der Waals surface area contributed by atoms with Crippen LogP contribution in [0.5, 0.6) is 0 Å². The maximum atomic E-state index is 3.40. The first-order chi connectivity index (χ1) is 7.75. The summed E-state index contributed by atoms with van der Waals surface area (Å²) in [7, 11) is 4.09. The van der Waals surface area contributed by atoms with E-state index in [4.69, 9.17) is 0 Å². The summed E-state index contributed by atoms with van der Waals surface area (Å²) in [6, 6.07) is 10.5. The van der Waals surface area contributed by atoms with Gasteiger partial charge < -0.3 is 15.2 Å². The van der Waals surface area contributed by atoms with Crippen molar-refractivity contribution in [3.05, 3.63) is 48.3 Å². The van der Waals surface area contributed by atoms with E-state index < -0.39 is 0 Å². The van der Waals surface area contributed by atoms with Crippen molar-refractivity contribution < 1.29 is 0 Å². The van der Waals surface area contributed by atoms with E-state index in [1.807, 2.05) is 26.5 Å². The normalized spacial score (nSPS) is 10.1. The quantitative estimate of drug-likeness (QED) is 0.821. The van der Waals surface area contributed by atoms with Crippen LogP contribution in [0.4, 0.5) is 11.4 Å². The summed E-state index contributed by atoms with van der Waals surface area (Å²) in [5, 5.41) is 3.40. The van der Waals surface area contributed by atoms with Crippen molar-refractivity contribution >= 4 is 11.4 Å². The highest BCUT2D eigenvalue weighted by molar-refractivity contribution is 5.57. The minimum atomic E-state index is 0.848. The average molecular weight is 215 g/mol. The lowest BCUT2D eigenvalue weighted by molar-refractivity contribution is 1.12. The van der Waals surface area contributed by atoms with E-state index in [-0.39, 0.29) is 0 Å². The Balaban J connectivity index is 2.01. The van der Waals surface area contributed by atoms with Gasteiger partial charge in [0.25, 0.3) is 0 Å². The Morgan fingerprint density at radius 3 is 2.81 bits per heavy atom. The monoisotopic (exact) mass is 215 g/mol. The molecule has 0 saturated heterocycles. The fourth-order valence-electron chi connectivity index (χ4n) is 1.57. The molecule has 2 N–H and O–H groups in total. The van der Waals surface area contributed by atoms with Crippen LogP contribution in [-0.2, 0) is 6.54 Å². The van der Waals surface area contributed by atoms with Crippen LogP contribution in [0, 0.1) is 0 Å². The molecule has 0 unspecified atom stereocenters. The highest BCUT2D eigenvalue weighted by Crippen LogP contribution is 2.17. The average Bonchev–Trinajstić information content (AvgIpc) is 2.79. The van der Waals surface area contributed by atoms with Gasteiger partial charge in [0.1, 0.15) is 0 Å². The molecule has 0 aliphatic rings. The second-order valence-corrected chi connectivity index (χ2v) is 4.02. The van der Waals surface area contributed by atoms with Crippen molar-refractivity contribution in [3.63, 3.8) is 0 Å². The highest BCUT2D eigenvalue weighted by Gasteiger charge is 1.97. The summed E-state index contributed by atoms with van der Waals surface area (Å²) < 4.78 is 0. The van der Waals surface area contributed by atoms with Gasteiger partial charge in [0, 0.05) is 44.4 Å². The molecule has 0 radical (unpaired) electrons. The van der Waals surface area contributed by atoms with Crippen LogP contribution in [0.1, 0.15) is 5.56 Å². The third-order valence-electron chi connectivity index (χ3n) is 2.52. The third-order valence-corrected chi connectivity index (χ3v) is 2.52. The number of nitrogens with zero attached hydrogens (tertiary/aromatic N) is 1. The number of anilines is 2. The van der Waals surface area contributed by atoms with Crippen LogP contribution in [0.3, 0.4) is 0 Å². The molecule has 84 valence electrons. The van der Waals surface area contributed by atoms with Gasteiger partial charge in [0.05, 0.1) is 0 Å². The minimum Gasteiger partial charge on any atom is -0.381 e. The second-order valence-electron chi connectivity index (χ2n) is 4.02. The predicted molar refractivity (Wildman–Crippen MR) is 68.9 cm³/mol. The predicted octanol–water partition coefficient (Wildman–Crippen LogP) is 2.69. The lowest BCUT2D eigenvalue weighted by atomic mass is 10.2. The van der Waals surface area contributed by atoms with E-state index in [1.165, 1.54) is 11.3 Å². The third kappa shape index (κ3) is 2.57. The first-order valence-corrected chi connectivity index (χ1v) is 5.38. The minimum absolute atomic E-state index is 0.848. The SMILES string of the molecule is CN(C)c1cccc(NCc2cc[nH]c2)c1. The lowest BCUT2D eigenvalue weighted by Gasteiger charge is -2.14. The first kappa shape index (κ1) is 10.6. The Morgan fingerprint density at radius 1 is 1.25 bits per heavy atom. The van der Waals surface area contributed by atoms with E-state index in [1.54, 1.807) is 0 Å². The van der Waals surface area contributed by atoms with Crippen LogP contribution >= 0.6 is 0 Å². The molecule has 0 spiro atoms. The molecule has 0 bridgehead atoms. The zero-order chi connectivity index (χ0) is 11.4. The largest absolute Gasteiger partial charge is 0.381 e. The number of benzene rings is 1. The first-order valence-electron chi connectivity index (χ1n) is 5.38. The number of hydrogen-bond acceptors (Lipinski definition) is 2. The van der Waals surface area contributed by atoms with Crippen LogP contribution in [0.2, 0.25) is 0 Å². The summed E-state index contributed by atoms with van der Waals surface area (Å²) in [6.45, 7) is 0.848. The molecule has 2 rings (SSSR count). The van der Waals surface area contributed by atoms with Crippen molar-refractivity contribution in [2.45, 2.75) is 6.54 Å². The Hall–Kier alpha value is -1.90. The zero-order valence-electron chi connectivity index (χ0n) is 9.70. The molecule has 16 heavy (non-hydrogen) atoms. The number of hydrogen-bond donors (Lipinski definition) is 2. The Morgan fingerprint density at radius 2 is 2.12 bits per heavy atom. The van der Waals surface area contributed by atoms with Gasteiger partial charge in [-0.25, -0.2) is 0 Å². The number of aromatic amines is 1. The second kappa shape index (κ2) is 4.75. The van der Waals surface area contributed by atoms with Crippen molar-refractivity contribution in [3.8, 4) is 0 Å². The van der Waals surface area contributed by atoms with E-state index >= 15 is 0 Å². The van der Waals surface area contributed by atoms with Crippen LogP contribution < -0.4 is 10.2 Å². The number of nitrogens with one attached hydrogen (secondary N) is 2. The molecule has 3 nitrogen and oxygen atoms in total. The number of H-pyrrole nitrogens is 1. The van der Waals surface area contributed by atoms with E-state index in [2.05, 4.69) is 45.5 Å². The fourth-order valence-corrected chi connectivity index (χ4v) is 1.57. The number of rotatable bonds is 4. The van der Waals surface area contributed by atoms with Gasteiger partial charge in [-0.15, -0.1) is 0 Å². The van der Waals surface area contributed by atoms with Crippen molar-refractivity contribution in [1.29, 1.82) is 0 Å². The van der Waals surface area contributed by atoms with Crippen LogP contribution in [-0.4, -0.2) is 19.1 Å². The van der Waals surface area contributed by atoms with Gasteiger partial charge in [0.15, 0.2) is 0 Å². The molecule has 1 aromatic heterocycles. The standard InChI is InChI=1S/C13H17N3/c1-16(2)13-5-3-4-12(8-13)15-10-11-6-7-14-9-11/h3-9,14-15H,10H2,1-2H3. The Bertz CT molecular complexity index is 432. The number of aromatic nitrogens is 1. The molecule has 1 heterocycles. The van der Waals surface area contributed by atoms with Crippen molar-refractivity contribution in [2.75, 3.05) is 24.3 Å². The van der Waals surface area contributed by atoms with E-state index in [0.29, 0.717) is 0 Å². The highest BCUT2D eigenvalue weighted by atomic mass is 15.1. The molecule has 0 aliphatic carbocycles. The summed E-state index contributed by atoms with van der Waals surface area (Å²) in [5.41, 5.74) is 3.61. The molecule has 0 atom stereocenters. The molecule has 1 aromatic carbocycles. The molecule has 0 aliphatic heterocycles. The van der Waals surface area contributed by atoms with Gasteiger partial charge in [-0.3, -0.25) is 0 Å². The molecule has 0 amide bonds. The molecule has 0 saturated carbocycles. The van der Waals surface area contributed by atoms with Gasteiger partial charge >= 0.3 is 0 Å². The van der Waals surface area contributed by atoms with Crippen molar-refractivity contribution in [1.82, 2.24) is 4.98 Å². The van der Waals surface area contributed by atoms with Gasteiger partial charge in [-0.05, 0) is 29.8 Å². The maximum Gasteiger partial charge on any atom is 0.0415 e. The molecule has 2 aromatic rings. The fraction of sp³-hybridized carbons (Fsp3) is 0.231. The summed E-state index contributed by atoms with van der Waals surface area (Å²) >= 11 is 0. The maximum absolute atomic E-state index is 3.40. The summed E-state index contributed by atoms with van der Waals surface area (Å²) in [5.74, 6) is 0. The zero-order valence-corrected chi connectivity index (χ0v) is 9.70. The van der Waals surface area contributed by atoms with E-state index in [0.717, 1.165) is 12.2 Å². The smallest absolute Gasteiger partial charge is 0.0415 e. The van der Waals surface area contributed by atoms with Crippen LogP contribution in [0.15, 0.2) is 42.7 Å². The van der Waals surface area contributed by atoms with Crippen molar-refractivity contribution in [2.24, 2.45) is 0 Å². The van der Waals surface area contributed by atoms with Gasteiger partial charge in [-0.2, -0.15) is 0 Å². The molecular formula is C13H17N3. The van der Waals surface area contributed by atoms with Crippen LogP contribution in [0.25, 0.3) is 0 Å². The Labute approximate surface area is 96.1 Å². The summed E-state index contributed by atoms with van der Waals surface area (Å²) in [4.78, 5) is 5.15. The molecule has 0 fully saturated rings. The van der Waals surface area contributed by atoms with Gasteiger partial charge in [-0.1, -0.05) is 6.07 Å².